The molecular weight excluding hydrogens is 294 g/mol. The summed E-state index contributed by atoms with van der Waals surface area (Å²) in [7, 11) is 0. The topological polar surface area (TPSA) is 100 Å². The van der Waals surface area contributed by atoms with Crippen LogP contribution in [0.5, 0.6) is 0 Å². The monoisotopic (exact) mass is 313 g/mol. The third kappa shape index (κ3) is 4.92. The molecule has 1 aromatic heterocycles. The first-order valence-corrected chi connectivity index (χ1v) is 7.90. The third-order valence-corrected chi connectivity index (χ3v) is 3.79. The maximum Gasteiger partial charge on any atom is 0.409 e. The molecule has 1 saturated heterocycles. The number of nitrogens with one attached hydrogen (secondary N) is 2. The molecule has 0 saturated carbocycles. The lowest BCUT2D eigenvalue weighted by Gasteiger charge is -2.26. The molecule has 21 heavy (non-hydrogen) atoms. The molecule has 0 aliphatic carbocycles. The number of thioether (sulfide) groups is 1. The molecule has 0 aromatic carbocycles. The summed E-state index contributed by atoms with van der Waals surface area (Å²) in [5.74, 6) is 0.959. The highest BCUT2D eigenvalue weighted by molar-refractivity contribution is 7.99. The first kappa shape index (κ1) is 15.6. The van der Waals surface area contributed by atoms with Crippen molar-refractivity contribution in [2.45, 2.75) is 24.9 Å². The van der Waals surface area contributed by atoms with Gasteiger partial charge in [0.15, 0.2) is 0 Å². The van der Waals surface area contributed by atoms with E-state index in [9.17, 15) is 9.59 Å². The van der Waals surface area contributed by atoms with Gasteiger partial charge in [-0.2, -0.15) is 0 Å². The highest BCUT2D eigenvalue weighted by Gasteiger charge is 2.18. The van der Waals surface area contributed by atoms with E-state index in [4.69, 9.17) is 4.74 Å². The molecule has 2 heterocycles. The highest BCUT2D eigenvalue weighted by atomic mass is 32.2. The largest absolute Gasteiger partial charge is 0.449 e. The van der Waals surface area contributed by atoms with Gasteiger partial charge in [0.25, 0.3) is 0 Å². The van der Waals surface area contributed by atoms with Gasteiger partial charge in [-0.25, -0.2) is 9.78 Å². The standard InChI is InChI=1S/C12H19N5O3S/c1-2-9-14-11(16-15-9)21-8-10(18)13-4-6-17-5-3-7-20-12(17)19/h2-8H2,1H3,(H,13,18)(H,14,15,16). The Morgan fingerprint density at radius 2 is 2.43 bits per heavy atom. The van der Waals surface area contributed by atoms with Gasteiger partial charge in [-0.3, -0.25) is 9.89 Å². The number of aromatic amines is 1. The van der Waals surface area contributed by atoms with Crippen molar-refractivity contribution in [1.29, 1.82) is 0 Å². The van der Waals surface area contributed by atoms with Crippen LogP contribution in [0.1, 0.15) is 19.2 Å². The number of rotatable bonds is 7. The Kier molecular flexibility index (Phi) is 5.85. The van der Waals surface area contributed by atoms with Crippen LogP contribution in [-0.2, 0) is 16.0 Å². The lowest BCUT2D eigenvalue weighted by atomic mass is 10.3. The van der Waals surface area contributed by atoms with E-state index in [2.05, 4.69) is 20.5 Å². The Morgan fingerprint density at radius 3 is 3.14 bits per heavy atom. The van der Waals surface area contributed by atoms with Gasteiger partial charge in [0.2, 0.25) is 11.1 Å². The molecule has 116 valence electrons. The zero-order valence-corrected chi connectivity index (χ0v) is 12.7. The maximum absolute atomic E-state index is 11.7. The molecule has 2 rings (SSSR count). The van der Waals surface area contributed by atoms with Crippen LogP contribution < -0.4 is 5.32 Å². The van der Waals surface area contributed by atoms with Crippen molar-refractivity contribution in [3.8, 4) is 0 Å². The number of carbonyl (C=O) groups excluding carboxylic acids is 2. The molecule has 1 aromatic rings. The van der Waals surface area contributed by atoms with Crippen LogP contribution in [0, 0.1) is 0 Å². The third-order valence-electron chi connectivity index (χ3n) is 2.94. The first-order valence-electron chi connectivity index (χ1n) is 6.91. The summed E-state index contributed by atoms with van der Waals surface area (Å²) < 4.78 is 4.92. The van der Waals surface area contributed by atoms with E-state index in [0.29, 0.717) is 31.4 Å². The zero-order valence-electron chi connectivity index (χ0n) is 11.9. The number of hydrogen-bond acceptors (Lipinski definition) is 6. The fourth-order valence-corrected chi connectivity index (χ4v) is 2.46. The molecule has 0 unspecified atom stereocenters. The number of amides is 2. The van der Waals surface area contributed by atoms with Gasteiger partial charge < -0.3 is 15.0 Å². The van der Waals surface area contributed by atoms with Gasteiger partial charge >= 0.3 is 6.09 Å². The van der Waals surface area contributed by atoms with Crippen molar-refractivity contribution in [2.75, 3.05) is 32.0 Å². The van der Waals surface area contributed by atoms with Gasteiger partial charge in [-0.05, 0) is 6.42 Å². The second-order valence-corrected chi connectivity index (χ2v) is 5.45. The maximum atomic E-state index is 11.7. The van der Waals surface area contributed by atoms with Gasteiger partial charge in [0.1, 0.15) is 5.82 Å². The number of H-pyrrole nitrogens is 1. The van der Waals surface area contributed by atoms with Crippen LogP contribution >= 0.6 is 11.8 Å². The molecule has 8 nitrogen and oxygen atoms in total. The van der Waals surface area contributed by atoms with Gasteiger partial charge in [0, 0.05) is 26.1 Å². The lowest BCUT2D eigenvalue weighted by molar-refractivity contribution is -0.118. The highest BCUT2D eigenvalue weighted by Crippen LogP contribution is 2.11. The fraction of sp³-hybridized carbons (Fsp3) is 0.667. The minimum atomic E-state index is -0.308. The Hall–Kier alpha value is -1.77. The smallest absolute Gasteiger partial charge is 0.409 e. The molecule has 1 fully saturated rings. The fourth-order valence-electron chi connectivity index (χ4n) is 1.81. The summed E-state index contributed by atoms with van der Waals surface area (Å²) in [5, 5.41) is 10.1. The Balaban J connectivity index is 1.62. The van der Waals surface area contributed by atoms with E-state index in [1.165, 1.54) is 11.8 Å². The first-order chi connectivity index (χ1) is 10.2. The quantitative estimate of drug-likeness (QED) is 0.708. The summed E-state index contributed by atoms with van der Waals surface area (Å²) in [6.07, 6.45) is 1.31. The van der Waals surface area contributed by atoms with E-state index in [0.717, 1.165) is 18.7 Å². The molecule has 2 N–H and O–H groups in total. The minimum Gasteiger partial charge on any atom is -0.449 e. The number of cyclic esters (lactones) is 1. The zero-order chi connectivity index (χ0) is 15.1. The van der Waals surface area contributed by atoms with Gasteiger partial charge in [0.05, 0.1) is 12.4 Å². The molecule has 0 bridgehead atoms. The van der Waals surface area contributed by atoms with Crippen LogP contribution in [0.3, 0.4) is 0 Å². The Morgan fingerprint density at radius 1 is 1.57 bits per heavy atom. The van der Waals surface area contributed by atoms with Crippen molar-refractivity contribution >= 4 is 23.8 Å². The van der Waals surface area contributed by atoms with E-state index >= 15 is 0 Å². The van der Waals surface area contributed by atoms with Crippen LogP contribution in [0.25, 0.3) is 0 Å². The van der Waals surface area contributed by atoms with E-state index < -0.39 is 0 Å². The van der Waals surface area contributed by atoms with Gasteiger partial charge in [-0.1, -0.05) is 18.7 Å². The number of ether oxygens (including phenoxy) is 1. The number of hydrogen-bond donors (Lipinski definition) is 2. The summed E-state index contributed by atoms with van der Waals surface area (Å²) in [6, 6.07) is 0. The molecular formula is C12H19N5O3S. The van der Waals surface area contributed by atoms with Crippen LogP contribution in [-0.4, -0.2) is 64.1 Å². The predicted octanol–water partition coefficient (Wildman–Crippen LogP) is 0.418. The summed E-state index contributed by atoms with van der Waals surface area (Å²) in [5.41, 5.74) is 0. The second-order valence-electron chi connectivity index (χ2n) is 4.51. The number of carbonyl (C=O) groups is 2. The van der Waals surface area contributed by atoms with E-state index in [1.54, 1.807) is 4.90 Å². The normalized spacial score (nSPS) is 14.9. The van der Waals surface area contributed by atoms with Crippen LogP contribution in [0.2, 0.25) is 0 Å². The van der Waals surface area contributed by atoms with Crippen LogP contribution in [0.4, 0.5) is 4.79 Å². The lowest BCUT2D eigenvalue weighted by Crippen LogP contribution is -2.42. The molecule has 0 spiro atoms. The van der Waals surface area contributed by atoms with Crippen molar-refractivity contribution in [3.05, 3.63) is 5.82 Å². The number of aryl methyl sites for hydroxylation is 1. The number of aromatic nitrogens is 3. The molecule has 1 aliphatic heterocycles. The van der Waals surface area contributed by atoms with E-state index in [-0.39, 0.29) is 17.8 Å². The van der Waals surface area contributed by atoms with Gasteiger partial charge in [-0.15, -0.1) is 5.10 Å². The average molecular weight is 313 g/mol. The van der Waals surface area contributed by atoms with Crippen molar-refractivity contribution in [2.24, 2.45) is 0 Å². The van der Waals surface area contributed by atoms with Crippen molar-refractivity contribution in [1.82, 2.24) is 25.4 Å². The molecule has 2 amide bonds. The summed E-state index contributed by atoms with van der Waals surface area (Å²) in [4.78, 5) is 28.9. The Bertz CT molecular complexity index is 493. The molecule has 1 aliphatic rings. The minimum absolute atomic E-state index is 0.103. The molecule has 0 atom stereocenters. The van der Waals surface area contributed by atoms with Crippen molar-refractivity contribution < 1.29 is 14.3 Å². The predicted molar refractivity (Wildman–Crippen MR) is 77.0 cm³/mol. The number of nitrogens with zero attached hydrogens (tertiary/aromatic N) is 3. The van der Waals surface area contributed by atoms with Crippen LogP contribution in [0.15, 0.2) is 5.16 Å². The summed E-state index contributed by atoms with van der Waals surface area (Å²) in [6.45, 7) is 4.03. The van der Waals surface area contributed by atoms with Crippen molar-refractivity contribution in [3.63, 3.8) is 0 Å². The molecule has 9 heteroatoms. The summed E-state index contributed by atoms with van der Waals surface area (Å²) >= 11 is 1.28. The molecule has 0 radical (unpaired) electrons. The SMILES string of the molecule is CCc1nc(SCC(=O)NCCN2CCCOC2=O)n[nH]1. The van der Waals surface area contributed by atoms with E-state index in [1.807, 2.05) is 6.92 Å². The Labute approximate surface area is 127 Å². The second kappa shape index (κ2) is 7.87. The average Bonchev–Trinajstić information content (AvgIpc) is 2.95.